The topological polar surface area (TPSA) is 75.6 Å². The van der Waals surface area contributed by atoms with Gasteiger partial charge in [0.1, 0.15) is 6.04 Å². The second kappa shape index (κ2) is 7.40. The summed E-state index contributed by atoms with van der Waals surface area (Å²) in [6.07, 6.45) is 0.225. The summed E-state index contributed by atoms with van der Waals surface area (Å²) in [6.45, 7) is 9.84. The van der Waals surface area contributed by atoms with Gasteiger partial charge in [0.15, 0.2) is 0 Å². The van der Waals surface area contributed by atoms with E-state index in [1.54, 1.807) is 12.1 Å². The Morgan fingerprint density at radius 2 is 1.86 bits per heavy atom. The first-order valence-electron chi connectivity index (χ1n) is 7.35. The molecule has 1 aromatic carbocycles. The van der Waals surface area contributed by atoms with Crippen LogP contribution in [0.25, 0.3) is 0 Å². The Balaban J connectivity index is 2.68. The van der Waals surface area contributed by atoms with Crippen LogP contribution >= 0.6 is 0 Å². The Morgan fingerprint density at radius 3 is 2.36 bits per heavy atom. The van der Waals surface area contributed by atoms with E-state index < -0.39 is 12.0 Å². The molecule has 0 aliphatic carbocycles. The molecule has 0 aromatic heterocycles. The van der Waals surface area contributed by atoms with Crippen LogP contribution < -0.4 is 5.32 Å². The van der Waals surface area contributed by atoms with Gasteiger partial charge < -0.3 is 15.2 Å². The summed E-state index contributed by atoms with van der Waals surface area (Å²) in [5, 5.41) is 11.8. The number of aryl methyl sites for hydroxylation is 2. The number of hydrogen-bond donors (Lipinski definition) is 2. The third-order valence-electron chi connectivity index (χ3n) is 3.31. The summed E-state index contributed by atoms with van der Waals surface area (Å²) in [7, 11) is 0. The third-order valence-corrected chi connectivity index (χ3v) is 3.31. The molecule has 1 atom stereocenters. The summed E-state index contributed by atoms with van der Waals surface area (Å²) in [4.78, 5) is 23.4. The molecule has 0 fully saturated rings. The van der Waals surface area contributed by atoms with Gasteiger partial charge >= 0.3 is 5.97 Å². The van der Waals surface area contributed by atoms with Gasteiger partial charge in [-0.25, -0.2) is 4.79 Å². The van der Waals surface area contributed by atoms with Gasteiger partial charge in [0.25, 0.3) is 5.91 Å². The molecule has 0 spiro atoms. The first-order chi connectivity index (χ1) is 10.1. The van der Waals surface area contributed by atoms with Gasteiger partial charge in [0.05, 0.1) is 5.60 Å². The predicted octanol–water partition coefficient (Wildman–Crippen LogP) is 2.69. The van der Waals surface area contributed by atoms with Crippen LogP contribution in [0.5, 0.6) is 0 Å². The number of carboxylic acids is 1. The first kappa shape index (κ1) is 18.2. The number of ether oxygens (including phenoxy) is 1. The zero-order valence-corrected chi connectivity index (χ0v) is 13.9. The maximum Gasteiger partial charge on any atom is 0.326 e. The molecule has 0 heterocycles. The highest BCUT2D eigenvalue weighted by atomic mass is 16.5. The Hall–Kier alpha value is -1.88. The monoisotopic (exact) mass is 307 g/mol. The molecule has 1 unspecified atom stereocenters. The zero-order valence-electron chi connectivity index (χ0n) is 13.9. The molecule has 0 saturated carbocycles. The largest absolute Gasteiger partial charge is 0.480 e. The molecular formula is C17H25NO4. The van der Waals surface area contributed by atoms with E-state index in [-0.39, 0.29) is 24.5 Å². The fourth-order valence-corrected chi connectivity index (χ4v) is 1.86. The minimum Gasteiger partial charge on any atom is -0.480 e. The van der Waals surface area contributed by atoms with Crippen LogP contribution in [0.2, 0.25) is 0 Å². The maximum absolute atomic E-state index is 12.2. The summed E-state index contributed by atoms with van der Waals surface area (Å²) in [5.74, 6) is -1.44. The summed E-state index contributed by atoms with van der Waals surface area (Å²) < 4.78 is 5.52. The molecule has 0 saturated heterocycles. The van der Waals surface area contributed by atoms with Crippen molar-refractivity contribution in [3.05, 3.63) is 34.9 Å². The molecule has 122 valence electrons. The number of nitrogens with one attached hydrogen (secondary N) is 1. The lowest BCUT2D eigenvalue weighted by Gasteiger charge is -2.21. The van der Waals surface area contributed by atoms with Crippen molar-refractivity contribution in [2.45, 2.75) is 52.7 Å². The quantitative estimate of drug-likeness (QED) is 0.847. The minimum atomic E-state index is -1.06. The standard InChI is InChI=1S/C17H25NO4/c1-11-6-7-13(10-12(11)2)15(19)18-14(16(20)21)8-9-22-17(3,4)5/h6-7,10,14H,8-9H2,1-5H3,(H,18,19)(H,20,21). The maximum atomic E-state index is 12.2. The van der Waals surface area contributed by atoms with E-state index in [9.17, 15) is 14.7 Å². The summed E-state index contributed by atoms with van der Waals surface area (Å²) in [6, 6.07) is 4.34. The molecule has 5 heteroatoms. The number of benzene rings is 1. The Morgan fingerprint density at radius 1 is 1.23 bits per heavy atom. The normalized spacial score (nSPS) is 12.8. The van der Waals surface area contributed by atoms with E-state index in [4.69, 9.17) is 4.74 Å². The van der Waals surface area contributed by atoms with Gasteiger partial charge in [-0.1, -0.05) is 6.07 Å². The highest BCUT2D eigenvalue weighted by Gasteiger charge is 2.22. The number of hydrogen-bond acceptors (Lipinski definition) is 3. The van der Waals surface area contributed by atoms with Crippen molar-refractivity contribution in [1.29, 1.82) is 0 Å². The SMILES string of the molecule is Cc1ccc(C(=O)NC(CCOC(C)(C)C)C(=O)O)cc1C. The predicted molar refractivity (Wildman–Crippen MR) is 85.1 cm³/mol. The van der Waals surface area contributed by atoms with Crippen LogP contribution in [0.4, 0.5) is 0 Å². The fourth-order valence-electron chi connectivity index (χ4n) is 1.86. The Labute approximate surface area is 131 Å². The average molecular weight is 307 g/mol. The van der Waals surface area contributed by atoms with Crippen molar-refractivity contribution in [2.75, 3.05) is 6.61 Å². The van der Waals surface area contributed by atoms with Gasteiger partial charge in [0, 0.05) is 18.6 Å². The van der Waals surface area contributed by atoms with Crippen molar-refractivity contribution >= 4 is 11.9 Å². The molecule has 0 aliphatic rings. The summed E-state index contributed by atoms with van der Waals surface area (Å²) in [5.41, 5.74) is 2.22. The number of aliphatic carboxylic acids is 1. The van der Waals surface area contributed by atoms with E-state index >= 15 is 0 Å². The number of carbonyl (C=O) groups is 2. The molecule has 2 N–H and O–H groups in total. The second-order valence-corrected chi connectivity index (χ2v) is 6.41. The van der Waals surface area contributed by atoms with Gasteiger partial charge in [-0.15, -0.1) is 0 Å². The van der Waals surface area contributed by atoms with Crippen LogP contribution in [0.15, 0.2) is 18.2 Å². The number of carbonyl (C=O) groups excluding carboxylic acids is 1. The van der Waals surface area contributed by atoms with Crippen molar-refractivity contribution in [1.82, 2.24) is 5.32 Å². The Bertz CT molecular complexity index is 546. The van der Waals surface area contributed by atoms with Crippen molar-refractivity contribution in [3.63, 3.8) is 0 Å². The molecule has 0 radical (unpaired) electrons. The van der Waals surface area contributed by atoms with E-state index in [1.807, 2.05) is 40.7 Å². The third kappa shape index (κ3) is 5.85. The number of rotatable bonds is 6. The zero-order chi connectivity index (χ0) is 16.9. The van der Waals surface area contributed by atoms with Gasteiger partial charge in [-0.3, -0.25) is 4.79 Å². The van der Waals surface area contributed by atoms with Gasteiger partial charge in [-0.2, -0.15) is 0 Å². The smallest absolute Gasteiger partial charge is 0.326 e. The van der Waals surface area contributed by atoms with Crippen molar-refractivity contribution in [3.8, 4) is 0 Å². The average Bonchev–Trinajstić information content (AvgIpc) is 2.39. The van der Waals surface area contributed by atoms with Crippen LogP contribution in [-0.4, -0.2) is 35.2 Å². The molecule has 1 amide bonds. The minimum absolute atomic E-state index is 0.225. The molecule has 0 bridgehead atoms. The second-order valence-electron chi connectivity index (χ2n) is 6.41. The van der Waals surface area contributed by atoms with Crippen molar-refractivity contribution < 1.29 is 19.4 Å². The van der Waals surface area contributed by atoms with Crippen LogP contribution in [-0.2, 0) is 9.53 Å². The Kier molecular flexibility index (Phi) is 6.11. The number of carboxylic acid groups (broad SMARTS) is 1. The molecule has 5 nitrogen and oxygen atoms in total. The van der Waals surface area contributed by atoms with E-state index in [2.05, 4.69) is 5.32 Å². The fraction of sp³-hybridized carbons (Fsp3) is 0.529. The van der Waals surface area contributed by atoms with Gasteiger partial charge in [-0.05, 0) is 57.9 Å². The van der Waals surface area contributed by atoms with Crippen LogP contribution in [0, 0.1) is 13.8 Å². The highest BCUT2D eigenvalue weighted by Crippen LogP contribution is 2.11. The molecular weight excluding hydrogens is 282 g/mol. The molecule has 1 aromatic rings. The van der Waals surface area contributed by atoms with Crippen molar-refractivity contribution in [2.24, 2.45) is 0 Å². The van der Waals surface area contributed by atoms with Crippen LogP contribution in [0.3, 0.4) is 0 Å². The lowest BCUT2D eigenvalue weighted by atomic mass is 10.1. The van der Waals surface area contributed by atoms with E-state index in [0.29, 0.717) is 5.56 Å². The highest BCUT2D eigenvalue weighted by molar-refractivity contribution is 5.96. The number of amides is 1. The molecule has 0 aliphatic heterocycles. The molecule has 22 heavy (non-hydrogen) atoms. The van der Waals surface area contributed by atoms with E-state index in [1.165, 1.54) is 0 Å². The van der Waals surface area contributed by atoms with Gasteiger partial charge in [0.2, 0.25) is 0 Å². The first-order valence-corrected chi connectivity index (χ1v) is 7.35. The molecule has 1 rings (SSSR count). The summed E-state index contributed by atoms with van der Waals surface area (Å²) >= 11 is 0. The lowest BCUT2D eigenvalue weighted by molar-refractivity contribution is -0.140. The van der Waals surface area contributed by atoms with E-state index in [0.717, 1.165) is 11.1 Å². The lowest BCUT2D eigenvalue weighted by Crippen LogP contribution is -2.42. The van der Waals surface area contributed by atoms with Crippen LogP contribution in [0.1, 0.15) is 48.7 Å².